The highest BCUT2D eigenvalue weighted by Crippen LogP contribution is 2.50. The van der Waals surface area contributed by atoms with Crippen LogP contribution in [0.5, 0.6) is 11.5 Å². The largest absolute Gasteiger partial charge is 0.508 e. The Hall–Kier alpha value is -4.61. The zero-order valence-electron chi connectivity index (χ0n) is 32.9. The molecular weight excluding hydrogens is 838 g/mol. The third kappa shape index (κ3) is 9.49. The SMILES string of the molecule is O=C1[C@H](CCC(O)c2ccc(F)cc2)C(c2ccc(-c3cccc(O)c3)cc2OS(=O)(=O)CC2OC(CO)C(OC3OC(CO)C(O)C(O)C3O)C(O)C2O)N1c1ccccc1. The molecule has 17 nitrogen and oxygen atoms in total. The number of para-hydroxylation sites is 1. The van der Waals surface area contributed by atoms with E-state index in [4.69, 9.17) is 18.4 Å². The quantitative estimate of drug-likeness (QED) is 0.0590. The van der Waals surface area contributed by atoms with Crippen LogP contribution in [0.25, 0.3) is 11.1 Å². The average Bonchev–Trinajstić information content (AvgIpc) is 3.25. The number of anilines is 1. The monoisotopic (exact) mass is 885 g/mol. The molecule has 0 bridgehead atoms. The number of hydrogen-bond acceptors (Lipinski definition) is 16. The van der Waals surface area contributed by atoms with Crippen molar-refractivity contribution < 1.29 is 82.0 Å². The number of rotatable bonds is 15. The van der Waals surface area contributed by atoms with Crippen LogP contribution >= 0.6 is 0 Å². The van der Waals surface area contributed by atoms with Crippen LogP contribution in [-0.4, -0.2) is 140 Å². The van der Waals surface area contributed by atoms with Crippen LogP contribution in [0.1, 0.15) is 36.1 Å². The maximum absolute atomic E-state index is 14.1. The molecule has 1 amide bonds. The Labute approximate surface area is 355 Å². The minimum absolute atomic E-state index is 0.0736. The number of carbonyl (C=O) groups is 1. The molecule has 4 aromatic rings. The van der Waals surface area contributed by atoms with Crippen LogP contribution in [0.3, 0.4) is 0 Å². The molecule has 19 heteroatoms. The van der Waals surface area contributed by atoms with E-state index in [-0.39, 0.29) is 35.8 Å². The van der Waals surface area contributed by atoms with E-state index in [1.807, 2.05) is 0 Å². The van der Waals surface area contributed by atoms with Gasteiger partial charge in [-0.15, -0.1) is 0 Å². The van der Waals surface area contributed by atoms with Gasteiger partial charge in [-0.05, 0) is 72.0 Å². The topological polar surface area (TPSA) is 273 Å². The fourth-order valence-corrected chi connectivity index (χ4v) is 9.31. The first-order valence-electron chi connectivity index (χ1n) is 19.9. The fraction of sp³-hybridized carbons (Fsp3) is 0.419. The van der Waals surface area contributed by atoms with E-state index < -0.39 is 114 Å². The Bertz CT molecular complexity index is 2270. The van der Waals surface area contributed by atoms with Crippen molar-refractivity contribution in [1.29, 1.82) is 0 Å². The lowest BCUT2D eigenvalue weighted by atomic mass is 9.77. The van der Waals surface area contributed by atoms with Gasteiger partial charge in [0.2, 0.25) is 5.91 Å². The first-order valence-corrected chi connectivity index (χ1v) is 21.4. The number of aliphatic hydroxyl groups is 8. The molecule has 3 saturated heterocycles. The molecule has 62 heavy (non-hydrogen) atoms. The molecular formula is C43H48FNO16S. The van der Waals surface area contributed by atoms with Crippen molar-refractivity contribution in [2.24, 2.45) is 5.92 Å². The van der Waals surface area contributed by atoms with Gasteiger partial charge in [-0.25, -0.2) is 4.39 Å². The Morgan fingerprint density at radius 3 is 2.10 bits per heavy atom. The minimum atomic E-state index is -4.82. The van der Waals surface area contributed by atoms with Gasteiger partial charge in [0.15, 0.2) is 6.29 Å². The van der Waals surface area contributed by atoms with Crippen molar-refractivity contribution in [3.63, 3.8) is 0 Å². The second kappa shape index (κ2) is 19.0. The molecule has 4 aromatic carbocycles. The summed E-state index contributed by atoms with van der Waals surface area (Å²) in [4.78, 5) is 15.4. The number of ether oxygens (including phenoxy) is 3. The number of β-lactam (4-membered cyclic amide) rings is 1. The van der Waals surface area contributed by atoms with Gasteiger partial charge >= 0.3 is 10.1 Å². The second-order valence-corrected chi connectivity index (χ2v) is 17.1. The van der Waals surface area contributed by atoms with Gasteiger partial charge in [-0.1, -0.05) is 54.6 Å². The number of nitrogens with zero attached hydrogens (tertiary/aromatic N) is 1. The Morgan fingerprint density at radius 2 is 1.42 bits per heavy atom. The third-order valence-corrected chi connectivity index (χ3v) is 12.6. The molecule has 0 aromatic heterocycles. The lowest BCUT2D eigenvalue weighted by Crippen LogP contribution is -2.65. The van der Waals surface area contributed by atoms with Gasteiger partial charge < -0.3 is 69.3 Å². The molecule has 12 unspecified atom stereocenters. The minimum Gasteiger partial charge on any atom is -0.508 e. The van der Waals surface area contributed by atoms with Crippen LogP contribution in [0, 0.1) is 11.7 Å². The molecule has 0 aliphatic carbocycles. The van der Waals surface area contributed by atoms with E-state index in [2.05, 4.69) is 0 Å². The Morgan fingerprint density at radius 1 is 0.742 bits per heavy atom. The van der Waals surface area contributed by atoms with Gasteiger partial charge in [0.1, 0.15) is 78.0 Å². The summed E-state index contributed by atoms with van der Waals surface area (Å²) in [5.41, 5.74) is 2.06. The number of hydrogen-bond donors (Lipinski definition) is 9. The zero-order chi connectivity index (χ0) is 44.5. The standard InChI is InChI=1S/C43H48FNO16S/c44-25-12-9-22(10-13-25)30(49)16-15-29-35(45(42(29)55)26-6-2-1-3-7-26)28-14-11-24(23-5-4-8-27(48)17-23)18-31(28)61-62(56,57)21-34-37(51)39(53)41(33(20-47)58-34)60-43-40(54)38(52)36(50)32(19-46)59-43/h1-14,17-18,29-30,32-41,43,46-54H,15-16,19-21H2/t29-,30?,32?,33?,34?,35?,36?,37?,38?,39?,40?,41?,43?/m1/s1. The summed E-state index contributed by atoms with van der Waals surface area (Å²) < 4.78 is 64.2. The second-order valence-electron chi connectivity index (χ2n) is 15.5. The molecule has 0 spiro atoms. The van der Waals surface area contributed by atoms with E-state index in [9.17, 15) is 63.6 Å². The highest BCUT2D eigenvalue weighted by molar-refractivity contribution is 7.87. The van der Waals surface area contributed by atoms with E-state index in [1.54, 1.807) is 54.6 Å². The van der Waals surface area contributed by atoms with E-state index in [0.717, 1.165) is 0 Å². The third-order valence-electron chi connectivity index (χ3n) is 11.5. The van der Waals surface area contributed by atoms with Crippen LogP contribution in [0.4, 0.5) is 10.1 Å². The number of aliphatic hydroxyl groups excluding tert-OH is 8. The predicted octanol–water partition coefficient (Wildman–Crippen LogP) is 0.791. The first kappa shape index (κ1) is 45.4. The average molecular weight is 886 g/mol. The summed E-state index contributed by atoms with van der Waals surface area (Å²) in [6.07, 6.45) is -18.5. The van der Waals surface area contributed by atoms with E-state index >= 15 is 0 Å². The number of benzene rings is 4. The molecule has 3 heterocycles. The van der Waals surface area contributed by atoms with Crippen molar-refractivity contribution in [1.82, 2.24) is 0 Å². The Kier molecular flexibility index (Phi) is 13.9. The summed E-state index contributed by atoms with van der Waals surface area (Å²) in [7, 11) is -4.82. The number of amides is 1. The molecule has 13 atom stereocenters. The van der Waals surface area contributed by atoms with Crippen molar-refractivity contribution in [2.45, 2.75) is 86.2 Å². The molecule has 3 aliphatic rings. The summed E-state index contributed by atoms with van der Waals surface area (Å²) in [5, 5.41) is 94.2. The molecule has 7 rings (SSSR count). The number of phenols is 1. The van der Waals surface area contributed by atoms with Gasteiger partial charge in [0, 0.05) is 11.3 Å². The highest BCUT2D eigenvalue weighted by atomic mass is 32.2. The van der Waals surface area contributed by atoms with Gasteiger partial charge in [-0.3, -0.25) is 4.79 Å². The zero-order valence-corrected chi connectivity index (χ0v) is 33.7. The van der Waals surface area contributed by atoms with Crippen molar-refractivity contribution in [3.05, 3.63) is 114 Å². The highest BCUT2D eigenvalue weighted by Gasteiger charge is 2.52. The van der Waals surface area contributed by atoms with Crippen LogP contribution in [0.2, 0.25) is 0 Å². The van der Waals surface area contributed by atoms with Gasteiger partial charge in [-0.2, -0.15) is 8.42 Å². The molecule has 0 radical (unpaired) electrons. The number of halogens is 1. The number of phenolic OH excluding ortho intramolecular Hbond substituents is 1. The molecule has 3 aliphatic heterocycles. The number of carbonyl (C=O) groups excluding carboxylic acids is 1. The van der Waals surface area contributed by atoms with Crippen molar-refractivity contribution in [3.8, 4) is 22.6 Å². The summed E-state index contributed by atoms with van der Waals surface area (Å²) >= 11 is 0. The summed E-state index contributed by atoms with van der Waals surface area (Å²) in [6.45, 7) is -1.69. The predicted molar refractivity (Wildman–Crippen MR) is 215 cm³/mol. The lowest BCUT2D eigenvalue weighted by Gasteiger charge is -2.48. The van der Waals surface area contributed by atoms with Crippen molar-refractivity contribution >= 4 is 21.7 Å². The number of aromatic hydroxyl groups is 1. The van der Waals surface area contributed by atoms with E-state index in [0.29, 0.717) is 22.4 Å². The normalized spacial score (nSPS) is 30.7. The molecule has 334 valence electrons. The van der Waals surface area contributed by atoms with E-state index in [1.165, 1.54) is 47.4 Å². The van der Waals surface area contributed by atoms with Crippen LogP contribution < -0.4 is 9.08 Å². The van der Waals surface area contributed by atoms with Crippen LogP contribution in [0.15, 0.2) is 97.1 Å². The van der Waals surface area contributed by atoms with Gasteiger partial charge in [0.05, 0.1) is 31.3 Å². The van der Waals surface area contributed by atoms with Crippen molar-refractivity contribution in [2.75, 3.05) is 23.9 Å². The molecule has 0 saturated carbocycles. The summed E-state index contributed by atoms with van der Waals surface area (Å²) in [5.74, 6) is -3.00. The maximum Gasteiger partial charge on any atom is 0.311 e. The first-order chi connectivity index (χ1) is 29.6. The lowest BCUT2D eigenvalue weighted by molar-refractivity contribution is -0.341. The summed E-state index contributed by atoms with van der Waals surface area (Å²) in [6, 6.07) is 23.9. The van der Waals surface area contributed by atoms with Gasteiger partial charge in [0.25, 0.3) is 0 Å². The smallest absolute Gasteiger partial charge is 0.311 e. The van der Waals surface area contributed by atoms with Crippen LogP contribution in [-0.2, 0) is 29.1 Å². The Balaban J connectivity index is 1.17. The fourth-order valence-electron chi connectivity index (χ4n) is 8.14. The maximum atomic E-state index is 14.1. The molecule has 9 N–H and O–H groups in total. The molecule has 3 fully saturated rings.